The van der Waals surface area contributed by atoms with Gasteiger partial charge < -0.3 is 5.11 Å². The van der Waals surface area contributed by atoms with E-state index < -0.39 is 28.7 Å². The summed E-state index contributed by atoms with van der Waals surface area (Å²) < 4.78 is 41.8. The van der Waals surface area contributed by atoms with Crippen molar-refractivity contribution in [1.82, 2.24) is 8.61 Å². The van der Waals surface area contributed by atoms with Gasteiger partial charge in [-0.15, -0.1) is 0 Å². The van der Waals surface area contributed by atoms with Crippen LogP contribution < -0.4 is 0 Å². The predicted octanol–water partition coefficient (Wildman–Crippen LogP) is 2.01. The molecule has 1 aliphatic heterocycles. The Kier molecular flexibility index (Phi) is 5.78. The fourth-order valence-electron chi connectivity index (χ4n) is 3.28. The van der Waals surface area contributed by atoms with Gasteiger partial charge in [-0.1, -0.05) is 26.0 Å². The monoisotopic (exact) mass is 344 g/mol. The molecule has 0 aliphatic carbocycles. The number of likely N-dealkylation sites (N-methyl/N-ethyl adjacent to an activating group) is 1. The van der Waals surface area contributed by atoms with E-state index in [0.29, 0.717) is 30.5 Å². The van der Waals surface area contributed by atoms with Gasteiger partial charge >= 0.3 is 0 Å². The van der Waals surface area contributed by atoms with Crippen molar-refractivity contribution in [3.05, 3.63) is 35.6 Å². The molecule has 3 atom stereocenters. The second-order valence-corrected chi connectivity index (χ2v) is 8.53. The minimum Gasteiger partial charge on any atom is -0.394 e. The summed E-state index contributed by atoms with van der Waals surface area (Å²) in [5.41, 5.74) is 0.441. The van der Waals surface area contributed by atoms with Crippen LogP contribution >= 0.6 is 0 Å². The highest BCUT2D eigenvalue weighted by atomic mass is 32.2. The van der Waals surface area contributed by atoms with E-state index >= 15 is 0 Å². The normalized spacial score (nSPS) is 24.8. The molecular weight excluding hydrogens is 319 g/mol. The van der Waals surface area contributed by atoms with Gasteiger partial charge in [-0.05, 0) is 36.0 Å². The van der Waals surface area contributed by atoms with Crippen LogP contribution in [0.1, 0.15) is 31.9 Å². The zero-order valence-corrected chi connectivity index (χ0v) is 14.6. The second kappa shape index (κ2) is 7.25. The van der Waals surface area contributed by atoms with E-state index in [2.05, 4.69) is 0 Å². The van der Waals surface area contributed by atoms with Crippen molar-refractivity contribution < 1.29 is 17.9 Å². The first-order valence-electron chi connectivity index (χ1n) is 7.85. The third kappa shape index (κ3) is 4.09. The Morgan fingerprint density at radius 2 is 1.96 bits per heavy atom. The Morgan fingerprint density at radius 3 is 2.48 bits per heavy atom. The largest absolute Gasteiger partial charge is 0.394 e. The molecule has 7 heteroatoms. The zero-order valence-electron chi connectivity index (χ0n) is 13.8. The van der Waals surface area contributed by atoms with Crippen molar-refractivity contribution >= 4 is 10.2 Å². The van der Waals surface area contributed by atoms with Crippen LogP contribution in [0.15, 0.2) is 24.3 Å². The Bertz CT molecular complexity index is 628. The Morgan fingerprint density at radius 1 is 1.35 bits per heavy atom. The summed E-state index contributed by atoms with van der Waals surface area (Å²) in [6, 6.07) is 4.88. The van der Waals surface area contributed by atoms with Crippen LogP contribution in [-0.2, 0) is 10.2 Å². The molecule has 1 aliphatic rings. The number of aliphatic hydroxyl groups excluding tert-OH is 1. The molecule has 0 saturated carbocycles. The van der Waals surface area contributed by atoms with E-state index in [9.17, 15) is 17.9 Å². The fraction of sp³-hybridized carbons (Fsp3) is 0.625. The maximum absolute atomic E-state index is 13.4. The van der Waals surface area contributed by atoms with Gasteiger partial charge in [0.25, 0.3) is 10.2 Å². The smallest absolute Gasteiger partial charge is 0.282 e. The molecule has 1 fully saturated rings. The minimum absolute atomic E-state index is 0.295. The summed E-state index contributed by atoms with van der Waals surface area (Å²) in [4.78, 5) is 0. The maximum atomic E-state index is 13.4. The summed E-state index contributed by atoms with van der Waals surface area (Å²) in [6.07, 6.45) is 1.00. The van der Waals surface area contributed by atoms with Crippen LogP contribution in [0.2, 0.25) is 0 Å². The first kappa shape index (κ1) is 18.3. The molecule has 0 aromatic heterocycles. The molecule has 0 bridgehead atoms. The van der Waals surface area contributed by atoms with Gasteiger partial charge in [0, 0.05) is 20.1 Å². The number of aliphatic hydroxyl groups is 1. The molecular formula is C16H25FN2O3S. The van der Waals surface area contributed by atoms with E-state index in [1.807, 2.05) is 13.8 Å². The molecule has 0 radical (unpaired) electrons. The molecule has 0 spiro atoms. The predicted molar refractivity (Wildman–Crippen MR) is 87.4 cm³/mol. The molecule has 1 heterocycles. The lowest BCUT2D eigenvalue weighted by Gasteiger charge is -2.38. The van der Waals surface area contributed by atoms with Gasteiger partial charge in [-0.25, -0.2) is 4.39 Å². The SMILES string of the molecule is C[C@@H]1C[C@@H](C)CN(S(=O)(=O)N(C)[C@H](CO)c2cccc(F)c2)C1. The highest BCUT2D eigenvalue weighted by molar-refractivity contribution is 7.86. The third-order valence-electron chi connectivity index (χ3n) is 4.37. The topological polar surface area (TPSA) is 60.9 Å². The summed E-state index contributed by atoms with van der Waals surface area (Å²) >= 11 is 0. The van der Waals surface area contributed by atoms with Crippen molar-refractivity contribution in [3.63, 3.8) is 0 Å². The highest BCUT2D eigenvalue weighted by Crippen LogP contribution is 2.28. The van der Waals surface area contributed by atoms with Crippen molar-refractivity contribution in [2.24, 2.45) is 11.8 Å². The minimum atomic E-state index is -3.72. The van der Waals surface area contributed by atoms with Crippen LogP contribution in [0.25, 0.3) is 0 Å². The maximum Gasteiger partial charge on any atom is 0.282 e. The van der Waals surface area contributed by atoms with Crippen LogP contribution in [0, 0.1) is 17.7 Å². The van der Waals surface area contributed by atoms with Crippen molar-refractivity contribution in [2.45, 2.75) is 26.3 Å². The molecule has 0 unspecified atom stereocenters. The molecule has 1 saturated heterocycles. The molecule has 2 rings (SSSR count). The molecule has 1 aromatic rings. The lowest BCUT2D eigenvalue weighted by atomic mass is 9.94. The van der Waals surface area contributed by atoms with Crippen LogP contribution in [0.3, 0.4) is 0 Å². The molecule has 1 aromatic carbocycles. The fourth-order valence-corrected chi connectivity index (χ4v) is 5.04. The number of rotatable bonds is 5. The van der Waals surface area contributed by atoms with E-state index in [4.69, 9.17) is 0 Å². The zero-order chi connectivity index (χ0) is 17.2. The number of piperidine rings is 1. The summed E-state index contributed by atoms with van der Waals surface area (Å²) in [7, 11) is -2.28. The molecule has 1 N–H and O–H groups in total. The van der Waals surface area contributed by atoms with Gasteiger partial charge in [0.2, 0.25) is 0 Å². The van der Waals surface area contributed by atoms with Crippen LogP contribution in [-0.4, -0.2) is 48.9 Å². The third-order valence-corrected chi connectivity index (χ3v) is 6.30. The summed E-state index contributed by atoms with van der Waals surface area (Å²) in [5, 5.41) is 9.66. The Hall–Kier alpha value is -1.02. The van der Waals surface area contributed by atoms with Crippen LogP contribution in [0.5, 0.6) is 0 Å². The number of nitrogens with zero attached hydrogens (tertiary/aromatic N) is 2. The van der Waals surface area contributed by atoms with Crippen LogP contribution in [0.4, 0.5) is 4.39 Å². The Labute approximate surface area is 137 Å². The van der Waals surface area contributed by atoms with E-state index in [1.54, 1.807) is 6.07 Å². The Balaban J connectivity index is 2.26. The molecule has 5 nitrogen and oxygen atoms in total. The van der Waals surface area contributed by atoms with Gasteiger partial charge in [0.15, 0.2) is 0 Å². The quantitative estimate of drug-likeness (QED) is 0.889. The number of hydrogen-bond donors (Lipinski definition) is 1. The molecule has 130 valence electrons. The van der Waals surface area contributed by atoms with Gasteiger partial charge in [-0.2, -0.15) is 17.0 Å². The summed E-state index contributed by atoms with van der Waals surface area (Å²) in [5.74, 6) is 0.138. The molecule has 0 amide bonds. The average Bonchev–Trinajstić information content (AvgIpc) is 2.47. The van der Waals surface area contributed by atoms with Gasteiger partial charge in [0.1, 0.15) is 5.82 Å². The van der Waals surface area contributed by atoms with Crippen molar-refractivity contribution in [2.75, 3.05) is 26.7 Å². The first-order chi connectivity index (χ1) is 10.8. The van der Waals surface area contributed by atoms with Gasteiger partial charge in [0.05, 0.1) is 12.6 Å². The highest BCUT2D eigenvalue weighted by Gasteiger charge is 2.36. The summed E-state index contributed by atoms with van der Waals surface area (Å²) in [6.45, 7) is 4.61. The lowest BCUT2D eigenvalue weighted by molar-refractivity contribution is 0.177. The van der Waals surface area contributed by atoms with E-state index in [1.165, 1.54) is 29.6 Å². The molecule has 23 heavy (non-hydrogen) atoms. The first-order valence-corrected chi connectivity index (χ1v) is 9.24. The van der Waals surface area contributed by atoms with Crippen molar-refractivity contribution in [3.8, 4) is 0 Å². The standard InChI is InChI=1S/C16H25FN2O3S/c1-12-7-13(2)10-19(9-12)23(21,22)18(3)16(11-20)14-5-4-6-15(17)8-14/h4-6,8,12-13,16,20H,7,9-11H2,1-3H3/t12-,13-,16-/m1/s1. The van der Waals surface area contributed by atoms with Crippen molar-refractivity contribution in [1.29, 1.82) is 0 Å². The second-order valence-electron chi connectivity index (χ2n) is 6.54. The van der Waals surface area contributed by atoms with Gasteiger partial charge in [-0.3, -0.25) is 0 Å². The number of halogens is 1. The lowest BCUT2D eigenvalue weighted by Crippen LogP contribution is -2.49. The number of hydrogen-bond acceptors (Lipinski definition) is 3. The van der Waals surface area contributed by atoms with E-state index in [0.717, 1.165) is 10.7 Å². The number of benzene rings is 1. The average molecular weight is 344 g/mol. The van der Waals surface area contributed by atoms with E-state index in [-0.39, 0.29) is 0 Å².